The number of amides is 1. The van der Waals surface area contributed by atoms with Crippen LogP contribution in [0.4, 0.5) is 20.4 Å². The molecule has 5 rings (SSSR count). The molecule has 0 spiro atoms. The third kappa shape index (κ3) is 6.01. The molecule has 0 bridgehead atoms. The van der Waals surface area contributed by atoms with E-state index < -0.39 is 0 Å². The molecule has 2 aromatic heterocycles. The van der Waals surface area contributed by atoms with Gasteiger partial charge in [0.15, 0.2) is 11.6 Å². The van der Waals surface area contributed by atoms with Crippen molar-refractivity contribution in [1.29, 1.82) is 0 Å². The Morgan fingerprint density at radius 2 is 1.59 bits per heavy atom. The van der Waals surface area contributed by atoms with Crippen LogP contribution in [0.3, 0.4) is 0 Å². The highest BCUT2D eigenvalue weighted by Crippen LogP contribution is 2.24. The van der Waals surface area contributed by atoms with Gasteiger partial charge in [-0.3, -0.25) is 4.79 Å². The number of hydrogen-bond acceptors (Lipinski definition) is 8. The average Bonchev–Trinajstić information content (AvgIpc) is 3.37. The van der Waals surface area contributed by atoms with Gasteiger partial charge in [-0.05, 0) is 48.5 Å². The summed E-state index contributed by atoms with van der Waals surface area (Å²) in [5.74, 6) is 1.36. The highest BCUT2D eigenvalue weighted by Gasteiger charge is 2.24. The minimum Gasteiger partial charge on any atom is -0.395 e. The Bertz CT molecular complexity index is 1420. The van der Waals surface area contributed by atoms with Crippen molar-refractivity contribution in [1.82, 2.24) is 29.6 Å². The van der Waals surface area contributed by atoms with Gasteiger partial charge in [0.1, 0.15) is 36.1 Å². The van der Waals surface area contributed by atoms with Crippen molar-refractivity contribution in [2.75, 3.05) is 56.2 Å². The maximum Gasteiger partial charge on any atom is 0.244 e. The standard InChI is InChI=1S/C27H28F2N8O2/c1-34(14-15-38)23-16-24(31-18-30-23)35-10-12-36(13-11-35)25(39)17-37-27(20-4-8-22(29)9-5-20)32-26(33-37)19-2-6-21(28)7-3-19/h2-9,16,18,38H,10-15,17H2,1H3. The van der Waals surface area contributed by atoms with E-state index in [9.17, 15) is 18.7 Å². The van der Waals surface area contributed by atoms with Crippen molar-refractivity contribution in [3.63, 3.8) is 0 Å². The molecule has 1 aliphatic rings. The van der Waals surface area contributed by atoms with E-state index in [1.165, 1.54) is 35.3 Å². The van der Waals surface area contributed by atoms with E-state index in [0.29, 0.717) is 61.3 Å². The summed E-state index contributed by atoms with van der Waals surface area (Å²) >= 11 is 0. The zero-order valence-electron chi connectivity index (χ0n) is 21.4. The molecule has 10 nitrogen and oxygen atoms in total. The largest absolute Gasteiger partial charge is 0.395 e. The molecule has 0 saturated carbocycles. The fourth-order valence-corrected chi connectivity index (χ4v) is 4.38. The molecule has 0 unspecified atom stereocenters. The summed E-state index contributed by atoms with van der Waals surface area (Å²) in [4.78, 5) is 32.3. The van der Waals surface area contributed by atoms with Crippen LogP contribution in [0.25, 0.3) is 22.8 Å². The Labute approximate surface area is 224 Å². The molecule has 1 amide bonds. The highest BCUT2D eigenvalue weighted by atomic mass is 19.1. The van der Waals surface area contributed by atoms with Crippen molar-refractivity contribution in [3.05, 3.63) is 72.6 Å². The second kappa shape index (κ2) is 11.5. The van der Waals surface area contributed by atoms with Crippen LogP contribution in [-0.4, -0.2) is 87.0 Å². The van der Waals surface area contributed by atoms with Crippen molar-refractivity contribution in [2.45, 2.75) is 6.54 Å². The van der Waals surface area contributed by atoms with Gasteiger partial charge in [0.2, 0.25) is 5.91 Å². The Hall–Kier alpha value is -4.45. The van der Waals surface area contributed by atoms with E-state index in [0.717, 1.165) is 5.82 Å². The Balaban J connectivity index is 1.30. The van der Waals surface area contributed by atoms with Crippen LogP contribution >= 0.6 is 0 Å². The number of carbonyl (C=O) groups excluding carboxylic acids is 1. The number of anilines is 2. The summed E-state index contributed by atoms with van der Waals surface area (Å²) in [6, 6.07) is 13.5. The van der Waals surface area contributed by atoms with Crippen LogP contribution in [0.5, 0.6) is 0 Å². The summed E-state index contributed by atoms with van der Waals surface area (Å²) in [6.45, 7) is 2.61. The number of halogens is 2. The third-order valence-electron chi connectivity index (χ3n) is 6.58. The molecule has 1 fully saturated rings. The number of piperazine rings is 1. The lowest BCUT2D eigenvalue weighted by molar-refractivity contribution is -0.132. The van der Waals surface area contributed by atoms with E-state index in [1.54, 1.807) is 29.2 Å². The van der Waals surface area contributed by atoms with Gasteiger partial charge in [0.05, 0.1) is 6.61 Å². The van der Waals surface area contributed by atoms with Gasteiger partial charge in [0.25, 0.3) is 0 Å². The van der Waals surface area contributed by atoms with Crippen LogP contribution in [-0.2, 0) is 11.3 Å². The van der Waals surface area contributed by atoms with Crippen molar-refractivity contribution < 1.29 is 18.7 Å². The normalized spacial score (nSPS) is 13.5. The molecule has 39 heavy (non-hydrogen) atoms. The van der Waals surface area contributed by atoms with Gasteiger partial charge in [-0.1, -0.05) is 0 Å². The lowest BCUT2D eigenvalue weighted by atomic mass is 10.2. The first-order chi connectivity index (χ1) is 18.9. The van der Waals surface area contributed by atoms with Crippen molar-refractivity contribution in [3.8, 4) is 22.8 Å². The molecule has 12 heteroatoms. The fourth-order valence-electron chi connectivity index (χ4n) is 4.38. The Morgan fingerprint density at radius 1 is 0.949 bits per heavy atom. The summed E-state index contributed by atoms with van der Waals surface area (Å²) in [5.41, 5.74) is 1.22. The van der Waals surface area contributed by atoms with E-state index >= 15 is 0 Å². The molecule has 3 heterocycles. The molecule has 1 N–H and O–H groups in total. The van der Waals surface area contributed by atoms with Gasteiger partial charge in [0, 0.05) is 57.0 Å². The summed E-state index contributed by atoms with van der Waals surface area (Å²) in [5, 5.41) is 13.7. The van der Waals surface area contributed by atoms with Gasteiger partial charge < -0.3 is 19.8 Å². The first-order valence-corrected chi connectivity index (χ1v) is 12.5. The zero-order chi connectivity index (χ0) is 27.4. The molecule has 4 aromatic rings. The summed E-state index contributed by atoms with van der Waals surface area (Å²) in [6.07, 6.45) is 1.50. The van der Waals surface area contributed by atoms with Crippen LogP contribution in [0.2, 0.25) is 0 Å². The fraction of sp³-hybridized carbons (Fsp3) is 0.296. The van der Waals surface area contributed by atoms with Gasteiger partial charge in [-0.2, -0.15) is 0 Å². The number of nitrogens with zero attached hydrogens (tertiary/aromatic N) is 8. The minimum absolute atomic E-state index is 0.0245. The Kier molecular flexibility index (Phi) is 7.73. The van der Waals surface area contributed by atoms with Crippen molar-refractivity contribution in [2.24, 2.45) is 0 Å². The number of aliphatic hydroxyl groups excluding tert-OH is 1. The smallest absolute Gasteiger partial charge is 0.244 e. The predicted octanol–water partition coefficient (Wildman–Crippen LogP) is 2.46. The summed E-state index contributed by atoms with van der Waals surface area (Å²) < 4.78 is 28.5. The lowest BCUT2D eigenvalue weighted by Crippen LogP contribution is -2.50. The van der Waals surface area contributed by atoms with Crippen LogP contribution < -0.4 is 9.80 Å². The SMILES string of the molecule is CN(CCO)c1cc(N2CCN(C(=O)Cn3nc(-c4ccc(F)cc4)nc3-c3ccc(F)cc3)CC2)ncn1. The van der Waals surface area contributed by atoms with Crippen LogP contribution in [0.1, 0.15) is 0 Å². The van der Waals surface area contributed by atoms with E-state index in [4.69, 9.17) is 0 Å². The van der Waals surface area contributed by atoms with Gasteiger partial charge >= 0.3 is 0 Å². The number of rotatable bonds is 8. The predicted molar refractivity (Wildman–Crippen MR) is 142 cm³/mol. The average molecular weight is 535 g/mol. The van der Waals surface area contributed by atoms with Crippen LogP contribution in [0.15, 0.2) is 60.9 Å². The van der Waals surface area contributed by atoms with Gasteiger partial charge in [-0.15, -0.1) is 5.10 Å². The molecule has 0 radical (unpaired) electrons. The Morgan fingerprint density at radius 3 is 2.23 bits per heavy atom. The monoisotopic (exact) mass is 534 g/mol. The minimum atomic E-state index is -0.381. The topological polar surface area (TPSA) is 104 Å². The van der Waals surface area contributed by atoms with E-state index in [2.05, 4.69) is 25.0 Å². The first kappa shape index (κ1) is 26.2. The molecule has 1 aliphatic heterocycles. The molecule has 1 saturated heterocycles. The summed E-state index contributed by atoms with van der Waals surface area (Å²) in [7, 11) is 1.85. The maximum atomic E-state index is 13.6. The molecule has 0 atom stereocenters. The number of likely N-dealkylation sites (N-methyl/N-ethyl adjacent to an activating group) is 1. The maximum absolute atomic E-state index is 13.6. The quantitative estimate of drug-likeness (QED) is 0.368. The lowest BCUT2D eigenvalue weighted by Gasteiger charge is -2.35. The molecular formula is C27H28F2N8O2. The molecule has 202 valence electrons. The molecule has 2 aromatic carbocycles. The number of benzene rings is 2. The number of aromatic nitrogens is 5. The number of aliphatic hydroxyl groups is 1. The number of hydrogen-bond donors (Lipinski definition) is 1. The van der Waals surface area contributed by atoms with Gasteiger partial charge in [-0.25, -0.2) is 28.4 Å². The van der Waals surface area contributed by atoms with E-state index in [-0.39, 0.29) is 30.7 Å². The third-order valence-corrected chi connectivity index (χ3v) is 6.58. The second-order valence-electron chi connectivity index (χ2n) is 9.18. The molecular weight excluding hydrogens is 506 g/mol. The highest BCUT2D eigenvalue weighted by molar-refractivity contribution is 5.77. The molecule has 0 aliphatic carbocycles. The van der Waals surface area contributed by atoms with Crippen LogP contribution in [0, 0.1) is 11.6 Å². The van der Waals surface area contributed by atoms with Crippen molar-refractivity contribution >= 4 is 17.5 Å². The number of carbonyl (C=O) groups is 1. The second-order valence-corrected chi connectivity index (χ2v) is 9.18. The zero-order valence-corrected chi connectivity index (χ0v) is 21.4. The first-order valence-electron chi connectivity index (χ1n) is 12.5. The van der Waals surface area contributed by atoms with E-state index in [1.807, 2.05) is 18.0 Å².